The van der Waals surface area contributed by atoms with Crippen molar-refractivity contribution < 1.29 is 9.90 Å². The molecule has 0 amide bonds. The van der Waals surface area contributed by atoms with Crippen molar-refractivity contribution in [2.75, 3.05) is 0 Å². The lowest BCUT2D eigenvalue weighted by Gasteiger charge is -2.61. The summed E-state index contributed by atoms with van der Waals surface area (Å²) in [4.78, 5) is 12.2. The number of Topliss-reactive ketones (excluding diaryl/α,β-unsaturated/α-hetero) is 1. The molecular formula is C22H36O2. The quantitative estimate of drug-likeness (QED) is 0.735. The first kappa shape index (κ1) is 17.1. The number of fused-ring (bicyclic) bond motifs is 5. The lowest BCUT2D eigenvalue weighted by atomic mass is 9.44. The number of ketones is 1. The molecule has 0 aromatic heterocycles. The van der Waals surface area contributed by atoms with E-state index in [1.165, 1.54) is 38.5 Å². The molecule has 0 bridgehead atoms. The van der Waals surface area contributed by atoms with E-state index in [-0.39, 0.29) is 5.41 Å². The van der Waals surface area contributed by atoms with Crippen LogP contribution in [0.2, 0.25) is 0 Å². The molecule has 2 nitrogen and oxygen atoms in total. The molecule has 4 rings (SSSR count). The Morgan fingerprint density at radius 2 is 1.58 bits per heavy atom. The van der Waals surface area contributed by atoms with Gasteiger partial charge in [0.2, 0.25) is 0 Å². The summed E-state index contributed by atoms with van der Waals surface area (Å²) in [5.74, 6) is 3.89. The van der Waals surface area contributed by atoms with Crippen LogP contribution in [-0.2, 0) is 4.79 Å². The first-order valence-corrected chi connectivity index (χ1v) is 10.4. The lowest BCUT2D eigenvalue weighted by molar-refractivity contribution is -0.150. The molecule has 0 spiro atoms. The highest BCUT2D eigenvalue weighted by Crippen LogP contribution is 2.68. The summed E-state index contributed by atoms with van der Waals surface area (Å²) >= 11 is 0. The Kier molecular flexibility index (Phi) is 3.78. The van der Waals surface area contributed by atoms with Crippen LogP contribution in [0.1, 0.15) is 85.5 Å². The fourth-order valence-electron chi connectivity index (χ4n) is 8.10. The van der Waals surface area contributed by atoms with Crippen molar-refractivity contribution in [2.45, 2.75) is 91.1 Å². The Morgan fingerprint density at radius 3 is 2.29 bits per heavy atom. The van der Waals surface area contributed by atoms with Crippen molar-refractivity contribution in [3.63, 3.8) is 0 Å². The molecule has 4 aliphatic rings. The number of carbonyl (C=O) groups is 1. The molecular weight excluding hydrogens is 296 g/mol. The van der Waals surface area contributed by atoms with Crippen LogP contribution < -0.4 is 0 Å². The van der Waals surface area contributed by atoms with Gasteiger partial charge in [-0.25, -0.2) is 0 Å². The zero-order valence-electron chi connectivity index (χ0n) is 16.1. The largest absolute Gasteiger partial charge is 0.390 e. The number of hydrogen-bond acceptors (Lipinski definition) is 2. The van der Waals surface area contributed by atoms with E-state index in [0.29, 0.717) is 23.0 Å². The molecule has 0 heterocycles. The van der Waals surface area contributed by atoms with Crippen LogP contribution in [0.25, 0.3) is 0 Å². The van der Waals surface area contributed by atoms with Gasteiger partial charge in [-0.15, -0.1) is 0 Å². The third kappa shape index (κ3) is 2.27. The Labute approximate surface area is 147 Å². The van der Waals surface area contributed by atoms with Gasteiger partial charge >= 0.3 is 0 Å². The van der Waals surface area contributed by atoms with E-state index >= 15 is 0 Å². The van der Waals surface area contributed by atoms with Crippen molar-refractivity contribution in [2.24, 2.45) is 40.4 Å². The SMILES string of the molecule is CC(=O)[C@H]1CC[C@H]2[C@@H]3CC[C@H]4C[C@](C)(O)CC[C@]4(C)[C@@H]3CC[C@]12C. The van der Waals surface area contributed by atoms with Crippen molar-refractivity contribution in [3.8, 4) is 0 Å². The first-order valence-electron chi connectivity index (χ1n) is 10.4. The van der Waals surface area contributed by atoms with Crippen molar-refractivity contribution in [3.05, 3.63) is 0 Å². The van der Waals surface area contributed by atoms with Crippen LogP contribution in [0, 0.1) is 40.4 Å². The molecule has 4 saturated carbocycles. The summed E-state index contributed by atoms with van der Waals surface area (Å²) < 4.78 is 0. The maximum absolute atomic E-state index is 12.2. The van der Waals surface area contributed by atoms with Gasteiger partial charge < -0.3 is 5.11 Å². The van der Waals surface area contributed by atoms with Gasteiger partial charge in [0.05, 0.1) is 5.60 Å². The molecule has 2 heteroatoms. The fraction of sp³-hybridized carbons (Fsp3) is 0.955. The van der Waals surface area contributed by atoms with Gasteiger partial charge in [0.25, 0.3) is 0 Å². The molecule has 0 aliphatic heterocycles. The van der Waals surface area contributed by atoms with E-state index in [1.807, 2.05) is 13.8 Å². The smallest absolute Gasteiger partial charge is 0.133 e. The Hall–Kier alpha value is -0.370. The van der Waals surface area contributed by atoms with E-state index in [4.69, 9.17) is 0 Å². The van der Waals surface area contributed by atoms with Gasteiger partial charge in [-0.1, -0.05) is 13.8 Å². The molecule has 24 heavy (non-hydrogen) atoms. The minimum atomic E-state index is -0.437. The molecule has 136 valence electrons. The number of carbonyl (C=O) groups excluding carboxylic acids is 1. The monoisotopic (exact) mass is 332 g/mol. The molecule has 0 unspecified atom stereocenters. The Bertz CT molecular complexity index is 538. The van der Waals surface area contributed by atoms with E-state index < -0.39 is 5.60 Å². The topological polar surface area (TPSA) is 37.3 Å². The Balaban J connectivity index is 1.61. The second-order valence-electron chi connectivity index (χ2n) is 10.6. The summed E-state index contributed by atoms with van der Waals surface area (Å²) in [5.41, 5.74) is 0.268. The number of rotatable bonds is 1. The summed E-state index contributed by atoms with van der Waals surface area (Å²) in [6.45, 7) is 8.85. The molecule has 0 aromatic carbocycles. The minimum Gasteiger partial charge on any atom is -0.390 e. The molecule has 0 aromatic rings. The first-order chi connectivity index (χ1) is 11.2. The van der Waals surface area contributed by atoms with Crippen LogP contribution in [0.5, 0.6) is 0 Å². The average molecular weight is 333 g/mol. The summed E-state index contributed by atoms with van der Waals surface area (Å²) in [5, 5.41) is 10.6. The van der Waals surface area contributed by atoms with Crippen LogP contribution in [0.15, 0.2) is 0 Å². The van der Waals surface area contributed by atoms with Gasteiger partial charge in [0, 0.05) is 5.92 Å². The highest BCUT2D eigenvalue weighted by molar-refractivity contribution is 5.79. The average Bonchev–Trinajstić information content (AvgIpc) is 2.85. The van der Waals surface area contributed by atoms with Gasteiger partial charge in [-0.2, -0.15) is 0 Å². The predicted octanol–water partition coefficient (Wildman–Crippen LogP) is 4.99. The van der Waals surface area contributed by atoms with E-state index in [1.54, 1.807) is 0 Å². The van der Waals surface area contributed by atoms with Crippen molar-refractivity contribution >= 4 is 5.78 Å². The highest BCUT2D eigenvalue weighted by atomic mass is 16.3. The molecule has 4 aliphatic carbocycles. The highest BCUT2D eigenvalue weighted by Gasteiger charge is 2.61. The molecule has 0 saturated heterocycles. The standard InChI is InChI=1S/C22H36O2/c1-14(23)17-7-8-18-16-6-5-15-13-20(2,24)11-12-21(15,3)19(16)9-10-22(17,18)4/h15-19,24H,5-13H2,1-4H3/t15-,16-,17+,18-,19+,20+,21-,22+/m0/s1. The van der Waals surface area contributed by atoms with Gasteiger partial charge in [-0.05, 0) is 106 Å². The second kappa shape index (κ2) is 5.32. The van der Waals surface area contributed by atoms with Gasteiger partial charge in [0.15, 0.2) is 0 Å². The summed E-state index contributed by atoms with van der Waals surface area (Å²) in [7, 11) is 0. The number of hydrogen-bond donors (Lipinski definition) is 1. The lowest BCUT2D eigenvalue weighted by Crippen LogP contribution is -2.55. The molecule has 8 atom stereocenters. The fourth-order valence-corrected chi connectivity index (χ4v) is 8.10. The second-order valence-corrected chi connectivity index (χ2v) is 10.6. The van der Waals surface area contributed by atoms with Crippen LogP contribution in [0.4, 0.5) is 0 Å². The van der Waals surface area contributed by atoms with Crippen LogP contribution in [-0.4, -0.2) is 16.5 Å². The maximum Gasteiger partial charge on any atom is 0.133 e. The normalized spacial score (nSPS) is 57.0. The predicted molar refractivity (Wildman–Crippen MR) is 96.5 cm³/mol. The van der Waals surface area contributed by atoms with Crippen molar-refractivity contribution in [1.82, 2.24) is 0 Å². The van der Waals surface area contributed by atoms with E-state index in [9.17, 15) is 9.90 Å². The zero-order chi connectivity index (χ0) is 17.3. The summed E-state index contributed by atoms with van der Waals surface area (Å²) in [6, 6.07) is 0. The maximum atomic E-state index is 12.2. The molecule has 0 radical (unpaired) electrons. The van der Waals surface area contributed by atoms with Gasteiger partial charge in [-0.3, -0.25) is 4.79 Å². The van der Waals surface area contributed by atoms with E-state index in [2.05, 4.69) is 13.8 Å². The third-order valence-corrected chi connectivity index (χ3v) is 9.44. The molecule has 1 N–H and O–H groups in total. The summed E-state index contributed by atoms with van der Waals surface area (Å²) in [6.07, 6.45) is 10.8. The number of aliphatic hydroxyl groups is 1. The van der Waals surface area contributed by atoms with Crippen molar-refractivity contribution in [1.29, 1.82) is 0 Å². The molecule has 4 fully saturated rings. The minimum absolute atomic E-state index is 0.274. The third-order valence-electron chi connectivity index (χ3n) is 9.44. The Morgan fingerprint density at radius 1 is 0.875 bits per heavy atom. The van der Waals surface area contributed by atoms with Gasteiger partial charge in [0.1, 0.15) is 5.78 Å². The van der Waals surface area contributed by atoms with Crippen LogP contribution >= 0.6 is 0 Å². The van der Waals surface area contributed by atoms with E-state index in [0.717, 1.165) is 37.0 Å². The zero-order valence-corrected chi connectivity index (χ0v) is 16.1. The van der Waals surface area contributed by atoms with Crippen LogP contribution in [0.3, 0.4) is 0 Å².